The van der Waals surface area contributed by atoms with Crippen LogP contribution in [0.2, 0.25) is 5.02 Å². The number of halogens is 1. The molecule has 0 radical (unpaired) electrons. The zero-order chi connectivity index (χ0) is 22.0. The lowest BCUT2D eigenvalue weighted by Gasteiger charge is -2.31. The molecule has 1 fully saturated rings. The van der Waals surface area contributed by atoms with Gasteiger partial charge in [0.15, 0.2) is 0 Å². The Labute approximate surface area is 188 Å². The van der Waals surface area contributed by atoms with Crippen molar-refractivity contribution in [2.24, 2.45) is 5.10 Å². The molecule has 2 aromatic rings. The molecule has 7 nitrogen and oxygen atoms in total. The molecule has 2 aromatic carbocycles. The Hall–Kier alpha value is -2.42. The van der Waals surface area contributed by atoms with Gasteiger partial charge in [0.25, 0.3) is 10.0 Å². The van der Waals surface area contributed by atoms with Gasteiger partial charge in [-0.25, -0.2) is 17.7 Å². The molecule has 0 bridgehead atoms. The molecule has 0 saturated carbocycles. The van der Waals surface area contributed by atoms with Crippen molar-refractivity contribution in [3.05, 3.63) is 70.7 Å². The molecule has 0 aromatic heterocycles. The smallest absolute Gasteiger partial charge is 0.253 e. The summed E-state index contributed by atoms with van der Waals surface area (Å²) in [7, 11) is -2.27. The molecule has 9 heteroatoms. The number of sulfonamides is 1. The third-order valence-corrected chi connectivity index (χ3v) is 8.11. The van der Waals surface area contributed by atoms with Crippen LogP contribution in [0.25, 0.3) is 0 Å². The highest BCUT2D eigenvalue weighted by Gasteiger charge is 2.37. The molecule has 4 rings (SSSR count). The second-order valence-corrected chi connectivity index (χ2v) is 10.4. The molecule has 1 unspecified atom stereocenters. The summed E-state index contributed by atoms with van der Waals surface area (Å²) in [6.07, 6.45) is 2.37. The lowest BCUT2D eigenvalue weighted by Crippen LogP contribution is -2.51. The highest BCUT2D eigenvalue weighted by atomic mass is 35.5. The van der Waals surface area contributed by atoms with Crippen LogP contribution in [0.15, 0.2) is 59.7 Å². The van der Waals surface area contributed by atoms with Crippen molar-refractivity contribution < 1.29 is 8.42 Å². The number of hydrogen-bond donors (Lipinski definition) is 2. The standard InChI is InChI=1S/C22H26ClN5O2S/c1-27(31(29,30)20-9-5-6-14-25-20)22(24)28-15-19(16-7-3-2-4-8-16)21(26-28)17-10-12-18(23)13-11-17/h2-4,7-8,10-13,19-20,24-25H,5-6,9,14-15H2,1H3/t19-,20?/m1/s1. The van der Waals surface area contributed by atoms with Gasteiger partial charge in [-0.05, 0) is 49.1 Å². The van der Waals surface area contributed by atoms with Crippen molar-refractivity contribution in [2.75, 3.05) is 20.1 Å². The average molecular weight is 460 g/mol. The van der Waals surface area contributed by atoms with E-state index in [2.05, 4.69) is 10.4 Å². The molecule has 2 atom stereocenters. The van der Waals surface area contributed by atoms with Crippen LogP contribution in [0.4, 0.5) is 0 Å². The Balaban J connectivity index is 1.63. The third kappa shape index (κ3) is 4.46. The Morgan fingerprint density at radius 3 is 2.52 bits per heavy atom. The van der Waals surface area contributed by atoms with Crippen molar-refractivity contribution in [2.45, 2.75) is 30.6 Å². The van der Waals surface area contributed by atoms with Crippen molar-refractivity contribution in [3.8, 4) is 0 Å². The van der Waals surface area contributed by atoms with Gasteiger partial charge in [0, 0.05) is 18.0 Å². The molecule has 2 aliphatic heterocycles. The van der Waals surface area contributed by atoms with Crippen molar-refractivity contribution in [1.29, 1.82) is 5.41 Å². The number of benzene rings is 2. The Bertz CT molecular complexity index is 1070. The van der Waals surface area contributed by atoms with Gasteiger partial charge in [-0.2, -0.15) is 5.10 Å². The van der Waals surface area contributed by atoms with Gasteiger partial charge in [0.2, 0.25) is 5.96 Å². The summed E-state index contributed by atoms with van der Waals surface area (Å²) < 4.78 is 27.2. The van der Waals surface area contributed by atoms with Crippen LogP contribution >= 0.6 is 11.6 Å². The first-order valence-electron chi connectivity index (χ1n) is 10.3. The summed E-state index contributed by atoms with van der Waals surface area (Å²) in [5.41, 5.74) is 2.74. The third-order valence-electron chi connectivity index (χ3n) is 5.81. The monoisotopic (exact) mass is 459 g/mol. The Kier molecular flexibility index (Phi) is 6.31. The number of piperidine rings is 1. The second kappa shape index (κ2) is 8.98. The summed E-state index contributed by atoms with van der Waals surface area (Å²) in [5, 5.41) is 17.8. The maximum Gasteiger partial charge on any atom is 0.253 e. The van der Waals surface area contributed by atoms with Gasteiger partial charge in [-0.1, -0.05) is 54.1 Å². The largest absolute Gasteiger partial charge is 0.300 e. The molecule has 2 N–H and O–H groups in total. The maximum absolute atomic E-state index is 13.1. The first-order valence-corrected chi connectivity index (χ1v) is 12.2. The molecule has 31 heavy (non-hydrogen) atoms. The van der Waals surface area contributed by atoms with E-state index >= 15 is 0 Å². The van der Waals surface area contributed by atoms with E-state index in [0.29, 0.717) is 24.5 Å². The van der Waals surface area contributed by atoms with Crippen LogP contribution in [0.5, 0.6) is 0 Å². The predicted molar refractivity (Wildman–Crippen MR) is 124 cm³/mol. The minimum atomic E-state index is -3.70. The Morgan fingerprint density at radius 2 is 1.87 bits per heavy atom. The number of nitrogens with one attached hydrogen (secondary N) is 2. The van der Waals surface area contributed by atoms with Crippen LogP contribution in [-0.2, 0) is 10.0 Å². The normalized spacial score (nSPS) is 21.6. The van der Waals surface area contributed by atoms with Gasteiger partial charge in [0.05, 0.1) is 12.3 Å². The van der Waals surface area contributed by atoms with Gasteiger partial charge in [0.1, 0.15) is 5.37 Å². The van der Waals surface area contributed by atoms with Crippen LogP contribution in [-0.4, -0.2) is 54.9 Å². The number of guanidine groups is 1. The molecular formula is C22H26ClN5O2S. The van der Waals surface area contributed by atoms with Gasteiger partial charge in [-0.15, -0.1) is 0 Å². The van der Waals surface area contributed by atoms with Gasteiger partial charge < -0.3 is 0 Å². The topological polar surface area (TPSA) is 88.9 Å². The summed E-state index contributed by atoms with van der Waals surface area (Å²) in [5.74, 6) is -0.246. The SMILES string of the molecule is CN(C(=N)N1C[C@H](c2ccccc2)C(c2ccc(Cl)cc2)=N1)S(=O)(=O)C1CCCCN1. The second-order valence-electron chi connectivity index (χ2n) is 7.81. The van der Waals surface area contributed by atoms with Crippen molar-refractivity contribution >= 4 is 33.3 Å². The summed E-state index contributed by atoms with van der Waals surface area (Å²) in [6, 6.07) is 17.3. The first-order chi connectivity index (χ1) is 14.9. The summed E-state index contributed by atoms with van der Waals surface area (Å²) >= 11 is 6.05. The number of hydrogen-bond acceptors (Lipinski definition) is 5. The molecule has 164 valence electrons. The Morgan fingerprint density at radius 1 is 1.16 bits per heavy atom. The minimum Gasteiger partial charge on any atom is -0.300 e. The summed E-state index contributed by atoms with van der Waals surface area (Å²) in [4.78, 5) is 0. The maximum atomic E-state index is 13.1. The fourth-order valence-electron chi connectivity index (χ4n) is 4.01. The van der Waals surface area contributed by atoms with Crippen LogP contribution < -0.4 is 5.32 Å². The molecule has 1 saturated heterocycles. The van der Waals surface area contributed by atoms with E-state index in [4.69, 9.17) is 17.0 Å². The minimum absolute atomic E-state index is 0.0911. The lowest BCUT2D eigenvalue weighted by molar-refractivity contribution is 0.404. The molecule has 2 heterocycles. The quantitative estimate of drug-likeness (QED) is 0.541. The van der Waals surface area contributed by atoms with E-state index in [1.165, 1.54) is 12.1 Å². The van der Waals surface area contributed by atoms with Crippen LogP contribution in [0.3, 0.4) is 0 Å². The van der Waals surface area contributed by atoms with E-state index in [-0.39, 0.29) is 11.9 Å². The lowest BCUT2D eigenvalue weighted by atomic mass is 9.91. The van der Waals surface area contributed by atoms with Gasteiger partial charge >= 0.3 is 0 Å². The number of rotatable bonds is 4. The van der Waals surface area contributed by atoms with E-state index in [1.807, 2.05) is 42.5 Å². The molecular weight excluding hydrogens is 434 g/mol. The van der Waals surface area contributed by atoms with E-state index in [9.17, 15) is 8.42 Å². The average Bonchev–Trinajstić information content (AvgIpc) is 3.25. The molecule has 0 aliphatic carbocycles. The van der Waals surface area contributed by atoms with Crippen molar-refractivity contribution in [1.82, 2.24) is 14.6 Å². The summed E-state index contributed by atoms with van der Waals surface area (Å²) in [6.45, 7) is 1.06. The first kappa shape index (κ1) is 21.8. The zero-order valence-corrected chi connectivity index (χ0v) is 18.9. The number of hydrazone groups is 1. The fourth-order valence-corrected chi connectivity index (χ4v) is 5.65. The molecule has 0 spiro atoms. The van der Waals surface area contributed by atoms with Crippen LogP contribution in [0, 0.1) is 5.41 Å². The van der Waals surface area contributed by atoms with Crippen molar-refractivity contribution in [3.63, 3.8) is 0 Å². The highest BCUT2D eigenvalue weighted by molar-refractivity contribution is 7.90. The van der Waals surface area contributed by atoms with E-state index < -0.39 is 15.4 Å². The van der Waals surface area contributed by atoms with Crippen LogP contribution in [0.1, 0.15) is 36.3 Å². The highest BCUT2D eigenvalue weighted by Crippen LogP contribution is 2.30. The molecule has 0 amide bonds. The van der Waals surface area contributed by atoms with E-state index in [0.717, 1.165) is 34.0 Å². The number of nitrogens with zero attached hydrogens (tertiary/aromatic N) is 3. The van der Waals surface area contributed by atoms with Gasteiger partial charge in [-0.3, -0.25) is 10.7 Å². The predicted octanol–water partition coefficient (Wildman–Crippen LogP) is 3.44. The van der Waals surface area contributed by atoms with E-state index in [1.54, 1.807) is 12.1 Å². The zero-order valence-electron chi connectivity index (χ0n) is 17.3. The fraction of sp³-hybridized carbons (Fsp3) is 0.364. The molecule has 2 aliphatic rings.